The van der Waals surface area contributed by atoms with Crippen LogP contribution < -0.4 is 15.2 Å². The van der Waals surface area contributed by atoms with Gasteiger partial charge in [-0.05, 0) is 35.9 Å². The van der Waals surface area contributed by atoms with Gasteiger partial charge >= 0.3 is 0 Å². The van der Waals surface area contributed by atoms with Gasteiger partial charge in [-0.15, -0.1) is 16.8 Å². The van der Waals surface area contributed by atoms with E-state index in [9.17, 15) is 18.8 Å². The lowest BCUT2D eigenvalue weighted by Gasteiger charge is -2.31. The molecule has 1 atom stereocenters. The van der Waals surface area contributed by atoms with E-state index in [1.165, 1.54) is 33.7 Å². The number of rotatable bonds is 6. The van der Waals surface area contributed by atoms with Gasteiger partial charge in [0.15, 0.2) is 15.3 Å². The van der Waals surface area contributed by atoms with Crippen molar-refractivity contribution in [2.24, 2.45) is 0 Å². The Kier molecular flexibility index (Phi) is 5.87. The Morgan fingerprint density at radius 1 is 1.00 bits per heavy atom. The Labute approximate surface area is 240 Å². The molecule has 2 aromatic heterocycles. The highest BCUT2D eigenvalue weighted by molar-refractivity contribution is 8.00. The van der Waals surface area contributed by atoms with E-state index in [4.69, 9.17) is 4.42 Å². The molecule has 5 aromatic rings. The van der Waals surface area contributed by atoms with E-state index in [-0.39, 0.29) is 39.8 Å². The summed E-state index contributed by atoms with van der Waals surface area (Å²) in [6.45, 7) is 3.97. The normalized spacial score (nSPS) is 17.5. The molecule has 0 N–H and O–H groups in total. The van der Waals surface area contributed by atoms with Crippen molar-refractivity contribution < 1.29 is 18.4 Å². The number of hydrogen-bond acceptors (Lipinski definition) is 8. The Morgan fingerprint density at radius 3 is 2.56 bits per heavy atom. The van der Waals surface area contributed by atoms with Gasteiger partial charge in [-0.25, -0.2) is 4.39 Å². The van der Waals surface area contributed by atoms with Crippen LogP contribution in [0.3, 0.4) is 0 Å². The van der Waals surface area contributed by atoms with E-state index in [0.717, 1.165) is 16.9 Å². The van der Waals surface area contributed by atoms with E-state index in [1.807, 2.05) is 0 Å². The zero-order valence-electron chi connectivity index (χ0n) is 21.2. The van der Waals surface area contributed by atoms with E-state index < -0.39 is 22.8 Å². The van der Waals surface area contributed by atoms with Crippen LogP contribution in [0.25, 0.3) is 11.0 Å². The number of carbonyl (C=O) groups is 2. The molecule has 2 aliphatic heterocycles. The summed E-state index contributed by atoms with van der Waals surface area (Å²) in [4.78, 5) is 45.6. The van der Waals surface area contributed by atoms with Crippen molar-refractivity contribution in [1.82, 2.24) is 10.2 Å². The van der Waals surface area contributed by atoms with Crippen LogP contribution in [0, 0.1) is 5.82 Å². The first-order valence-electron chi connectivity index (χ1n) is 12.6. The number of halogens is 1. The van der Waals surface area contributed by atoms with E-state index in [2.05, 4.69) is 16.8 Å². The number of thioether (sulfide) groups is 1. The largest absolute Gasteiger partial charge is 0.450 e. The summed E-state index contributed by atoms with van der Waals surface area (Å²) < 4.78 is 19.9. The second kappa shape index (κ2) is 9.50. The summed E-state index contributed by atoms with van der Waals surface area (Å²) in [6, 6.07) is 19.9. The molecule has 3 aromatic carbocycles. The van der Waals surface area contributed by atoms with Gasteiger partial charge in [-0.2, -0.15) is 0 Å². The molecule has 2 amide bonds. The highest BCUT2D eigenvalue weighted by atomic mass is 32.2. The smallest absolute Gasteiger partial charge is 0.297 e. The number of benzene rings is 3. The Balaban J connectivity index is 1.42. The van der Waals surface area contributed by atoms with Gasteiger partial charge in [-0.1, -0.05) is 71.6 Å². The van der Waals surface area contributed by atoms with E-state index >= 15 is 0 Å². The Hall–Kier alpha value is -4.61. The number of anilines is 2. The minimum absolute atomic E-state index is 0.0408. The van der Waals surface area contributed by atoms with Crippen molar-refractivity contribution in [3.63, 3.8) is 0 Å². The Bertz CT molecular complexity index is 1950. The second-order valence-corrected chi connectivity index (χ2v) is 11.6. The van der Waals surface area contributed by atoms with Crippen molar-refractivity contribution in [3.05, 3.63) is 124 Å². The summed E-state index contributed by atoms with van der Waals surface area (Å²) >= 11 is 2.49. The van der Waals surface area contributed by atoms with E-state index in [0.29, 0.717) is 21.3 Å². The van der Waals surface area contributed by atoms with Crippen molar-refractivity contribution in [2.75, 3.05) is 16.3 Å². The van der Waals surface area contributed by atoms with Gasteiger partial charge in [0.25, 0.3) is 11.8 Å². The molecule has 0 saturated heterocycles. The molecule has 202 valence electrons. The molecule has 4 heterocycles. The van der Waals surface area contributed by atoms with Gasteiger partial charge < -0.3 is 9.32 Å². The fourth-order valence-electron chi connectivity index (χ4n) is 5.50. The van der Waals surface area contributed by atoms with Crippen LogP contribution in [-0.4, -0.2) is 28.6 Å². The molecule has 8 nitrogen and oxygen atoms in total. The first kappa shape index (κ1) is 25.4. The molecule has 41 heavy (non-hydrogen) atoms. The van der Waals surface area contributed by atoms with Crippen LogP contribution in [0.4, 0.5) is 15.2 Å². The molecule has 0 fully saturated rings. The topological polar surface area (TPSA) is 96.6 Å². The number of aromatic nitrogens is 2. The number of fused-ring (bicyclic) bond motifs is 5. The highest BCUT2D eigenvalue weighted by Gasteiger charge is 2.66. The lowest BCUT2D eigenvalue weighted by Crippen LogP contribution is -2.53. The summed E-state index contributed by atoms with van der Waals surface area (Å²) in [5.41, 5.74) is -0.178. The lowest BCUT2D eigenvalue weighted by molar-refractivity contribution is -0.121. The zero-order valence-corrected chi connectivity index (χ0v) is 22.9. The molecule has 1 spiro atoms. The van der Waals surface area contributed by atoms with Gasteiger partial charge in [-0.3, -0.25) is 19.3 Å². The van der Waals surface area contributed by atoms with Crippen LogP contribution in [0.2, 0.25) is 0 Å². The maximum Gasteiger partial charge on any atom is 0.297 e. The third kappa shape index (κ3) is 3.62. The van der Waals surface area contributed by atoms with Crippen LogP contribution in [-0.2, 0) is 16.1 Å². The number of nitrogens with zero attached hydrogens (tertiary/aromatic N) is 4. The predicted molar refractivity (Wildman–Crippen MR) is 155 cm³/mol. The average molecular weight is 583 g/mol. The average Bonchev–Trinajstić information content (AvgIpc) is 3.62. The minimum atomic E-state index is -1.84. The molecular weight excluding hydrogens is 563 g/mol. The number of amides is 2. The lowest BCUT2D eigenvalue weighted by atomic mass is 9.84. The SMILES string of the molecule is C=CCN1C(=O)C2(c3ccccc31)c1c(oc3ccccc3c1=O)C(=O)N2c1nnc(SCc2ccc(F)cc2)s1. The zero-order chi connectivity index (χ0) is 28.3. The maximum absolute atomic E-state index is 14.5. The van der Waals surface area contributed by atoms with Crippen LogP contribution >= 0.6 is 23.1 Å². The summed E-state index contributed by atoms with van der Waals surface area (Å²) in [6.07, 6.45) is 1.59. The molecule has 2 aliphatic rings. The quantitative estimate of drug-likeness (QED) is 0.148. The third-order valence-electron chi connectivity index (χ3n) is 7.21. The molecular formula is C30H19FN4O4S2. The minimum Gasteiger partial charge on any atom is -0.450 e. The van der Waals surface area contributed by atoms with Crippen molar-refractivity contribution in [2.45, 2.75) is 15.6 Å². The van der Waals surface area contributed by atoms with Gasteiger partial charge in [0.1, 0.15) is 11.4 Å². The van der Waals surface area contributed by atoms with Crippen molar-refractivity contribution in [1.29, 1.82) is 0 Å². The van der Waals surface area contributed by atoms with Crippen LogP contribution in [0.1, 0.15) is 27.2 Å². The van der Waals surface area contributed by atoms with Crippen molar-refractivity contribution >= 4 is 56.7 Å². The van der Waals surface area contributed by atoms with Crippen LogP contribution in [0.5, 0.6) is 0 Å². The summed E-state index contributed by atoms with van der Waals surface area (Å²) in [5, 5.41) is 9.00. The summed E-state index contributed by atoms with van der Waals surface area (Å²) in [5.74, 6) is -1.17. The molecule has 0 radical (unpaired) electrons. The molecule has 0 bridgehead atoms. The van der Waals surface area contributed by atoms with Gasteiger partial charge in [0, 0.05) is 17.9 Å². The summed E-state index contributed by atoms with van der Waals surface area (Å²) in [7, 11) is 0. The molecule has 11 heteroatoms. The van der Waals surface area contributed by atoms with Gasteiger partial charge in [0.05, 0.1) is 16.6 Å². The molecule has 1 unspecified atom stereocenters. The number of carbonyl (C=O) groups excluding carboxylic acids is 2. The highest BCUT2D eigenvalue weighted by Crippen LogP contribution is 2.54. The van der Waals surface area contributed by atoms with E-state index in [1.54, 1.807) is 66.7 Å². The third-order valence-corrected chi connectivity index (χ3v) is 9.32. The second-order valence-electron chi connectivity index (χ2n) is 9.47. The molecule has 0 saturated carbocycles. The first-order valence-corrected chi connectivity index (χ1v) is 14.4. The standard InChI is InChI=1S/C30H19FN4O4S2/c1-2-15-34-21-9-5-4-8-20(21)30(27(34)38)23-24(36)19-7-3-6-10-22(19)39-25(23)26(37)35(30)28-32-33-29(41-28)40-16-17-11-13-18(31)14-12-17/h2-14H,1,15-16H2. The predicted octanol–water partition coefficient (Wildman–Crippen LogP) is 5.51. The molecule has 0 aliphatic carbocycles. The number of para-hydroxylation sites is 2. The monoisotopic (exact) mass is 582 g/mol. The van der Waals surface area contributed by atoms with Gasteiger partial charge in [0.2, 0.25) is 10.9 Å². The molecule has 7 rings (SSSR count). The van der Waals surface area contributed by atoms with Crippen LogP contribution in [0.15, 0.2) is 99.0 Å². The fraction of sp³-hybridized carbons (Fsp3) is 0.100. The number of hydrogen-bond donors (Lipinski definition) is 0. The first-order chi connectivity index (χ1) is 19.9. The van der Waals surface area contributed by atoms with Crippen molar-refractivity contribution in [3.8, 4) is 0 Å². The Morgan fingerprint density at radius 2 is 1.76 bits per heavy atom. The maximum atomic E-state index is 14.5. The fourth-order valence-corrected chi connectivity index (χ4v) is 7.34.